The molecule has 0 amide bonds. The largest absolute Gasteiger partial charge is 0.496 e. The maximum absolute atomic E-state index is 13.0. The number of hydrogen-bond acceptors (Lipinski definition) is 3. The zero-order chi connectivity index (χ0) is 12.8. The van der Waals surface area contributed by atoms with Crippen LogP contribution in [0.25, 0.3) is 5.70 Å². The van der Waals surface area contributed by atoms with Gasteiger partial charge in [-0.15, -0.1) is 0 Å². The van der Waals surface area contributed by atoms with Crippen LogP contribution in [0, 0.1) is 5.82 Å². The van der Waals surface area contributed by atoms with Crippen LogP contribution in [0.15, 0.2) is 34.3 Å². The first kappa shape index (κ1) is 13.4. The van der Waals surface area contributed by atoms with Gasteiger partial charge in [-0.25, -0.2) is 4.39 Å². The fourth-order valence-corrected chi connectivity index (χ4v) is 1.37. The third-order valence-corrected chi connectivity index (χ3v) is 2.36. The summed E-state index contributed by atoms with van der Waals surface area (Å²) in [5.41, 5.74) is 1.07. The third kappa shape index (κ3) is 3.39. The minimum absolute atomic E-state index is 0.277. The number of halogens is 2. The second kappa shape index (κ2) is 6.15. The SMILES string of the molecule is C=N/C(=C\C(Cl)=N/C)c1ccc(F)cc1OC. The van der Waals surface area contributed by atoms with Crippen LogP contribution in [0.4, 0.5) is 4.39 Å². The smallest absolute Gasteiger partial charge is 0.131 e. The van der Waals surface area contributed by atoms with Crippen molar-refractivity contribution in [2.75, 3.05) is 14.2 Å². The Balaban J connectivity index is 3.30. The lowest BCUT2D eigenvalue weighted by molar-refractivity contribution is 0.410. The molecule has 0 radical (unpaired) electrons. The summed E-state index contributed by atoms with van der Waals surface area (Å²) in [5.74, 6) is -0.0199. The monoisotopic (exact) mass is 254 g/mol. The van der Waals surface area contributed by atoms with E-state index in [0.717, 1.165) is 0 Å². The van der Waals surface area contributed by atoms with E-state index in [1.54, 1.807) is 13.1 Å². The topological polar surface area (TPSA) is 34.0 Å². The highest BCUT2D eigenvalue weighted by atomic mass is 35.5. The van der Waals surface area contributed by atoms with Gasteiger partial charge < -0.3 is 4.74 Å². The summed E-state index contributed by atoms with van der Waals surface area (Å²) in [5, 5.41) is 0.277. The zero-order valence-electron chi connectivity index (χ0n) is 9.58. The fraction of sp³-hybridized carbons (Fsp3) is 0.167. The van der Waals surface area contributed by atoms with Crippen LogP contribution in [0.1, 0.15) is 5.56 Å². The molecule has 1 aromatic rings. The van der Waals surface area contributed by atoms with E-state index in [0.29, 0.717) is 17.0 Å². The number of hydrogen-bond donors (Lipinski definition) is 0. The Labute approximate surface area is 104 Å². The number of aliphatic imine (C=N–C) groups is 2. The van der Waals surface area contributed by atoms with Gasteiger partial charge in [0, 0.05) is 24.8 Å². The van der Waals surface area contributed by atoms with E-state index in [-0.39, 0.29) is 11.0 Å². The third-order valence-electron chi connectivity index (χ3n) is 2.08. The van der Waals surface area contributed by atoms with E-state index in [1.165, 1.54) is 25.3 Å². The van der Waals surface area contributed by atoms with Gasteiger partial charge >= 0.3 is 0 Å². The van der Waals surface area contributed by atoms with Crippen molar-refractivity contribution >= 4 is 29.2 Å². The molecule has 0 atom stereocenters. The van der Waals surface area contributed by atoms with Gasteiger partial charge in [-0.05, 0) is 18.9 Å². The molecule has 0 fully saturated rings. The lowest BCUT2D eigenvalue weighted by Crippen LogP contribution is -1.93. The van der Waals surface area contributed by atoms with E-state index >= 15 is 0 Å². The Morgan fingerprint density at radius 3 is 2.76 bits per heavy atom. The molecular formula is C12H12ClFN2O. The summed E-state index contributed by atoms with van der Waals surface area (Å²) in [6.45, 7) is 3.44. The highest BCUT2D eigenvalue weighted by molar-refractivity contribution is 6.68. The summed E-state index contributed by atoms with van der Waals surface area (Å²) in [6, 6.07) is 4.13. The van der Waals surface area contributed by atoms with Crippen LogP contribution >= 0.6 is 11.6 Å². The number of methoxy groups -OCH3 is 1. The first-order chi connectivity index (χ1) is 8.12. The molecule has 0 aliphatic carbocycles. The van der Waals surface area contributed by atoms with Crippen LogP contribution in [0.3, 0.4) is 0 Å². The van der Waals surface area contributed by atoms with Gasteiger partial charge in [0.05, 0.1) is 12.8 Å². The van der Waals surface area contributed by atoms with Crippen molar-refractivity contribution in [2.24, 2.45) is 9.98 Å². The predicted molar refractivity (Wildman–Crippen MR) is 69.7 cm³/mol. The molecule has 0 aliphatic heterocycles. The van der Waals surface area contributed by atoms with E-state index < -0.39 is 0 Å². The molecule has 3 nitrogen and oxygen atoms in total. The van der Waals surface area contributed by atoms with E-state index in [9.17, 15) is 4.39 Å². The Bertz CT molecular complexity index is 483. The number of nitrogens with zero attached hydrogens (tertiary/aromatic N) is 2. The molecule has 0 saturated heterocycles. The minimum atomic E-state index is -0.385. The Kier molecular flexibility index (Phi) is 4.84. The Hall–Kier alpha value is -1.68. The van der Waals surface area contributed by atoms with Gasteiger partial charge in [0.1, 0.15) is 16.7 Å². The van der Waals surface area contributed by atoms with Crippen molar-refractivity contribution in [1.29, 1.82) is 0 Å². The summed E-state index contributed by atoms with van der Waals surface area (Å²) in [4.78, 5) is 7.61. The Morgan fingerprint density at radius 1 is 1.53 bits per heavy atom. The maximum atomic E-state index is 13.0. The highest BCUT2D eigenvalue weighted by Gasteiger charge is 2.09. The van der Waals surface area contributed by atoms with Crippen molar-refractivity contribution < 1.29 is 9.13 Å². The number of benzene rings is 1. The zero-order valence-corrected chi connectivity index (χ0v) is 10.3. The van der Waals surface area contributed by atoms with Gasteiger partial charge in [0.25, 0.3) is 0 Å². The molecule has 0 spiro atoms. The molecule has 0 unspecified atom stereocenters. The fourth-order valence-electron chi connectivity index (χ4n) is 1.26. The first-order valence-electron chi connectivity index (χ1n) is 4.77. The van der Waals surface area contributed by atoms with Gasteiger partial charge in [-0.3, -0.25) is 9.98 Å². The molecule has 0 heterocycles. The normalized spacial score (nSPS) is 12.5. The number of rotatable bonds is 4. The van der Waals surface area contributed by atoms with Crippen molar-refractivity contribution in [3.05, 3.63) is 35.7 Å². The maximum Gasteiger partial charge on any atom is 0.131 e. The van der Waals surface area contributed by atoms with Crippen LogP contribution in [-0.4, -0.2) is 26.0 Å². The number of allylic oxidation sites excluding steroid dienone is 1. The molecule has 0 N–H and O–H groups in total. The molecule has 5 heteroatoms. The van der Waals surface area contributed by atoms with Gasteiger partial charge in [0.2, 0.25) is 0 Å². The first-order valence-corrected chi connectivity index (χ1v) is 5.14. The second-order valence-electron chi connectivity index (χ2n) is 3.08. The highest BCUT2D eigenvalue weighted by Crippen LogP contribution is 2.27. The van der Waals surface area contributed by atoms with E-state index in [2.05, 4.69) is 16.7 Å². The molecule has 1 rings (SSSR count). The van der Waals surface area contributed by atoms with Crippen molar-refractivity contribution in [1.82, 2.24) is 0 Å². The molecule has 1 aromatic carbocycles. The van der Waals surface area contributed by atoms with Crippen LogP contribution in [-0.2, 0) is 0 Å². The molecular weight excluding hydrogens is 243 g/mol. The van der Waals surface area contributed by atoms with Crippen LogP contribution < -0.4 is 4.74 Å². The predicted octanol–water partition coefficient (Wildman–Crippen LogP) is 3.14. The van der Waals surface area contributed by atoms with Gasteiger partial charge in [0.15, 0.2) is 0 Å². The molecule has 90 valence electrons. The average Bonchev–Trinajstić information content (AvgIpc) is 2.35. The van der Waals surface area contributed by atoms with Crippen molar-refractivity contribution in [2.45, 2.75) is 0 Å². The summed E-state index contributed by atoms with van der Waals surface area (Å²) < 4.78 is 18.1. The molecule has 0 aliphatic rings. The summed E-state index contributed by atoms with van der Waals surface area (Å²) in [7, 11) is 3.01. The van der Waals surface area contributed by atoms with Gasteiger partial charge in [-0.2, -0.15) is 0 Å². The average molecular weight is 255 g/mol. The van der Waals surface area contributed by atoms with Gasteiger partial charge in [-0.1, -0.05) is 11.6 Å². The van der Waals surface area contributed by atoms with Crippen molar-refractivity contribution in [3.8, 4) is 5.75 Å². The molecule has 0 bridgehead atoms. The summed E-state index contributed by atoms with van der Waals surface area (Å²) in [6.07, 6.45) is 1.53. The standard InChI is InChI=1S/C12H12ClFN2O/c1-15-10(7-12(13)16-2)9-5-4-8(14)6-11(9)17-3/h4-7H,1H2,2-3H3/b10-7-,16-12+. The van der Waals surface area contributed by atoms with Crippen LogP contribution in [0.5, 0.6) is 5.75 Å². The van der Waals surface area contributed by atoms with E-state index in [1.807, 2.05) is 0 Å². The minimum Gasteiger partial charge on any atom is -0.496 e. The molecule has 0 saturated carbocycles. The van der Waals surface area contributed by atoms with E-state index in [4.69, 9.17) is 16.3 Å². The Morgan fingerprint density at radius 2 is 2.24 bits per heavy atom. The lowest BCUT2D eigenvalue weighted by Gasteiger charge is -2.08. The summed E-state index contributed by atoms with van der Waals surface area (Å²) >= 11 is 5.79. The lowest BCUT2D eigenvalue weighted by atomic mass is 10.1. The van der Waals surface area contributed by atoms with Crippen molar-refractivity contribution in [3.63, 3.8) is 0 Å². The molecule has 17 heavy (non-hydrogen) atoms. The van der Waals surface area contributed by atoms with Crippen LogP contribution in [0.2, 0.25) is 0 Å². The quantitative estimate of drug-likeness (QED) is 0.760. The second-order valence-corrected chi connectivity index (χ2v) is 3.47. The molecule has 0 aromatic heterocycles. The number of ether oxygens (including phenoxy) is 1.